The summed E-state index contributed by atoms with van der Waals surface area (Å²) in [6, 6.07) is 23.3. The molecule has 0 bridgehead atoms. The summed E-state index contributed by atoms with van der Waals surface area (Å²) in [6.45, 7) is 0.822. The Bertz CT molecular complexity index is 1260. The van der Waals surface area contributed by atoms with Crippen LogP contribution in [0.25, 0.3) is 11.3 Å². The van der Waals surface area contributed by atoms with Gasteiger partial charge in [-0.25, -0.2) is 0 Å². The minimum absolute atomic E-state index is 0.167. The van der Waals surface area contributed by atoms with Crippen molar-refractivity contribution >= 4 is 33.4 Å². The highest BCUT2D eigenvalue weighted by atomic mass is 79.9. The third-order valence-corrected chi connectivity index (χ3v) is 6.36. The van der Waals surface area contributed by atoms with Gasteiger partial charge >= 0.3 is 0 Å². The maximum atomic E-state index is 12.6. The molecule has 34 heavy (non-hydrogen) atoms. The first-order chi connectivity index (χ1) is 16.4. The summed E-state index contributed by atoms with van der Waals surface area (Å²) in [5.41, 5.74) is 9.18. The lowest BCUT2D eigenvalue weighted by Gasteiger charge is -2.29. The van der Waals surface area contributed by atoms with Gasteiger partial charge in [0.25, 0.3) is 0 Å². The quantitative estimate of drug-likeness (QED) is 0.290. The Morgan fingerprint density at radius 3 is 2.38 bits per heavy atom. The summed E-state index contributed by atoms with van der Waals surface area (Å²) in [7, 11) is 0. The van der Waals surface area contributed by atoms with Crippen LogP contribution in [0.5, 0.6) is 5.75 Å². The number of aromatic hydroxyl groups is 1. The number of benzene rings is 3. The second-order valence-electron chi connectivity index (χ2n) is 7.98. The zero-order chi connectivity index (χ0) is 24.1. The lowest BCUT2D eigenvalue weighted by Crippen LogP contribution is -2.45. The highest BCUT2D eigenvalue weighted by Gasteiger charge is 2.26. The van der Waals surface area contributed by atoms with Gasteiger partial charge in [0.1, 0.15) is 5.75 Å². The number of hydrogen-bond donors (Lipinski definition) is 2. The van der Waals surface area contributed by atoms with Crippen molar-refractivity contribution in [1.82, 2.24) is 10.1 Å². The first-order valence-electron chi connectivity index (χ1n) is 10.7. The third-order valence-electron chi connectivity index (χ3n) is 5.50. The van der Waals surface area contributed by atoms with Gasteiger partial charge < -0.3 is 15.4 Å². The second kappa shape index (κ2) is 10.9. The van der Waals surface area contributed by atoms with Crippen LogP contribution in [0.3, 0.4) is 0 Å². The number of phenolic OH excluding ortho intramolecular Hbond substituents is 1. The van der Waals surface area contributed by atoms with Crippen LogP contribution < -0.4 is 5.73 Å². The second-order valence-corrected chi connectivity index (χ2v) is 9.31. The summed E-state index contributed by atoms with van der Waals surface area (Å²) in [4.78, 5) is 14.6. The molecule has 0 fully saturated rings. The zero-order valence-electron chi connectivity index (χ0n) is 18.2. The Hall–Kier alpha value is -3.13. The highest BCUT2D eigenvalue weighted by Crippen LogP contribution is 2.29. The number of carbonyl (C=O) groups excluding carboxylic acids is 1. The van der Waals surface area contributed by atoms with Gasteiger partial charge in [-0.3, -0.25) is 9.69 Å². The van der Waals surface area contributed by atoms with Crippen molar-refractivity contribution in [2.45, 2.75) is 25.6 Å². The zero-order valence-corrected chi connectivity index (χ0v) is 20.5. The van der Waals surface area contributed by atoms with Crippen molar-refractivity contribution in [2.24, 2.45) is 5.73 Å². The van der Waals surface area contributed by atoms with Gasteiger partial charge in [0, 0.05) is 29.2 Å². The lowest BCUT2D eigenvalue weighted by molar-refractivity contribution is -0.123. The monoisotopic (exact) mass is 539 g/mol. The molecule has 3 aromatic carbocycles. The predicted octanol–water partition coefficient (Wildman–Crippen LogP) is 5.56. The van der Waals surface area contributed by atoms with Crippen molar-refractivity contribution in [2.75, 3.05) is 0 Å². The molecule has 6 nitrogen and oxygen atoms in total. The molecule has 3 N–H and O–H groups in total. The maximum absolute atomic E-state index is 12.6. The molecule has 0 aliphatic carbocycles. The summed E-state index contributed by atoms with van der Waals surface area (Å²) in [6.07, 6.45) is 0.390. The van der Waals surface area contributed by atoms with E-state index < -0.39 is 11.9 Å². The standard InChI is InChI=1S/C26H23BrClN3O3/c27-19-9-5-18(6-10-19)15-31(24(26(29)33)13-17-7-11-21(32)12-8-17)16-20-14-25(34-30-20)22-3-1-2-4-23(22)28/h1-12,14,24,32H,13,15-16H2,(H2,29,33). The van der Waals surface area contributed by atoms with Crippen LogP contribution in [0, 0.1) is 0 Å². The van der Waals surface area contributed by atoms with Crippen LogP contribution in [0.15, 0.2) is 87.9 Å². The molecule has 4 aromatic rings. The number of nitrogens with zero attached hydrogens (tertiary/aromatic N) is 2. The number of amides is 1. The molecule has 1 amide bonds. The number of carbonyl (C=O) groups is 1. The van der Waals surface area contributed by atoms with E-state index in [2.05, 4.69) is 21.1 Å². The van der Waals surface area contributed by atoms with Gasteiger partial charge in [0.2, 0.25) is 5.91 Å². The van der Waals surface area contributed by atoms with Crippen molar-refractivity contribution < 1.29 is 14.4 Å². The number of rotatable bonds is 9. The van der Waals surface area contributed by atoms with E-state index in [4.69, 9.17) is 21.9 Å². The summed E-state index contributed by atoms with van der Waals surface area (Å²) >= 11 is 9.76. The molecule has 1 unspecified atom stereocenters. The van der Waals surface area contributed by atoms with E-state index in [0.29, 0.717) is 36.0 Å². The van der Waals surface area contributed by atoms with Gasteiger partial charge in [-0.05, 0) is 53.9 Å². The predicted molar refractivity (Wildman–Crippen MR) is 135 cm³/mol. The number of primary amides is 1. The van der Waals surface area contributed by atoms with Gasteiger partial charge in [0.05, 0.1) is 16.8 Å². The van der Waals surface area contributed by atoms with E-state index in [9.17, 15) is 9.90 Å². The number of hydrogen-bond acceptors (Lipinski definition) is 5. The molecule has 1 atom stereocenters. The summed E-state index contributed by atoms with van der Waals surface area (Å²) in [5.74, 6) is 0.277. The number of nitrogens with two attached hydrogens (primary N) is 1. The molecular weight excluding hydrogens is 518 g/mol. The smallest absolute Gasteiger partial charge is 0.235 e. The Morgan fingerprint density at radius 2 is 1.71 bits per heavy atom. The van der Waals surface area contributed by atoms with Crippen LogP contribution in [0.2, 0.25) is 5.02 Å². The van der Waals surface area contributed by atoms with E-state index in [1.807, 2.05) is 53.4 Å². The molecule has 0 aliphatic rings. The van der Waals surface area contributed by atoms with Gasteiger partial charge in [0.15, 0.2) is 5.76 Å². The molecule has 4 rings (SSSR count). The molecule has 0 saturated carbocycles. The largest absolute Gasteiger partial charge is 0.508 e. The fraction of sp³-hybridized carbons (Fsp3) is 0.154. The first kappa shape index (κ1) is 24.0. The lowest BCUT2D eigenvalue weighted by atomic mass is 10.0. The molecule has 1 aromatic heterocycles. The maximum Gasteiger partial charge on any atom is 0.235 e. The normalized spacial score (nSPS) is 12.1. The highest BCUT2D eigenvalue weighted by molar-refractivity contribution is 9.10. The van der Waals surface area contributed by atoms with Crippen LogP contribution in [0.1, 0.15) is 16.8 Å². The van der Waals surface area contributed by atoms with Crippen molar-refractivity contribution in [3.8, 4) is 17.1 Å². The van der Waals surface area contributed by atoms with Crippen LogP contribution >= 0.6 is 27.5 Å². The van der Waals surface area contributed by atoms with E-state index >= 15 is 0 Å². The van der Waals surface area contributed by atoms with Crippen molar-refractivity contribution in [1.29, 1.82) is 0 Å². The molecule has 0 saturated heterocycles. The van der Waals surface area contributed by atoms with Crippen molar-refractivity contribution in [3.63, 3.8) is 0 Å². The molecule has 0 radical (unpaired) electrons. The average molecular weight is 541 g/mol. The minimum Gasteiger partial charge on any atom is -0.508 e. The fourth-order valence-corrected chi connectivity index (χ4v) is 4.24. The van der Waals surface area contributed by atoms with Gasteiger partial charge in [-0.1, -0.05) is 69.1 Å². The molecule has 0 spiro atoms. The van der Waals surface area contributed by atoms with E-state index in [1.165, 1.54) is 0 Å². The molecule has 0 aliphatic heterocycles. The topological polar surface area (TPSA) is 92.6 Å². The minimum atomic E-state index is -0.603. The van der Waals surface area contributed by atoms with E-state index in [1.54, 1.807) is 30.3 Å². The number of aromatic nitrogens is 1. The summed E-state index contributed by atoms with van der Waals surface area (Å²) < 4.78 is 6.53. The first-order valence-corrected chi connectivity index (χ1v) is 11.8. The molecular formula is C26H23BrClN3O3. The van der Waals surface area contributed by atoms with Gasteiger partial charge in [-0.15, -0.1) is 0 Å². The number of phenols is 1. The average Bonchev–Trinajstić information content (AvgIpc) is 3.28. The van der Waals surface area contributed by atoms with Crippen molar-refractivity contribution in [3.05, 3.63) is 105 Å². The van der Waals surface area contributed by atoms with Crippen LogP contribution in [0.4, 0.5) is 0 Å². The molecule has 1 heterocycles. The Morgan fingerprint density at radius 1 is 1.03 bits per heavy atom. The molecule has 8 heteroatoms. The fourth-order valence-electron chi connectivity index (χ4n) is 3.75. The third kappa shape index (κ3) is 6.05. The SMILES string of the molecule is NC(=O)C(Cc1ccc(O)cc1)N(Cc1ccc(Br)cc1)Cc1cc(-c2ccccc2Cl)on1. The molecule has 174 valence electrons. The van der Waals surface area contributed by atoms with E-state index in [-0.39, 0.29) is 5.75 Å². The van der Waals surface area contributed by atoms with Crippen LogP contribution in [-0.4, -0.2) is 27.1 Å². The Kier molecular flexibility index (Phi) is 7.67. The summed E-state index contributed by atoms with van der Waals surface area (Å²) in [5, 5.41) is 14.4. The Labute approximate surface area is 211 Å². The van der Waals surface area contributed by atoms with Gasteiger partial charge in [-0.2, -0.15) is 0 Å². The Balaban J connectivity index is 1.62. The van der Waals surface area contributed by atoms with Crippen LogP contribution in [-0.2, 0) is 24.3 Å². The number of halogens is 2. The van der Waals surface area contributed by atoms with E-state index in [0.717, 1.165) is 21.2 Å².